The van der Waals surface area contributed by atoms with Crippen molar-refractivity contribution < 1.29 is 22.8 Å². The molecule has 0 aromatic rings. The number of hydrogen-bond donors (Lipinski definition) is 0. The van der Waals surface area contributed by atoms with Crippen LogP contribution in [-0.4, -0.2) is 45.0 Å². The first-order valence-electron chi connectivity index (χ1n) is 2.30. The molecule has 0 aliphatic rings. The molecule has 0 spiro atoms. The molecule has 11 heavy (non-hydrogen) atoms. The Labute approximate surface area is 81.3 Å². The zero-order valence-electron chi connectivity index (χ0n) is 5.61. The molecular weight excluding hydrogens is 353 g/mol. The van der Waals surface area contributed by atoms with Crippen LogP contribution in [0.25, 0.3) is 0 Å². The Hall–Kier alpha value is -0.0779. The van der Waals surface area contributed by atoms with Gasteiger partial charge in [-0.25, -0.2) is 0 Å². The van der Waals surface area contributed by atoms with Crippen molar-refractivity contribution in [1.82, 2.24) is 0 Å². The van der Waals surface area contributed by atoms with Gasteiger partial charge in [0.25, 0.3) is 0 Å². The van der Waals surface area contributed by atoms with Crippen LogP contribution in [0.3, 0.4) is 0 Å². The standard InChI is InChI=1S/C5H4F3O2.Tl/c1-3(9)2-4(10)5(6,7)8;/h2H,1H3;/q-1;+1. The molecule has 0 atom stereocenters. The molecule has 0 fully saturated rings. The van der Waals surface area contributed by atoms with Crippen molar-refractivity contribution in [3.8, 4) is 0 Å². The number of Topliss-reactive ketones (excluding diaryl/α,β-unsaturated/α-hetero) is 2. The van der Waals surface area contributed by atoms with E-state index in [0.717, 1.165) is 6.92 Å². The average Bonchev–Trinajstić information content (AvgIpc) is 1.60. The summed E-state index contributed by atoms with van der Waals surface area (Å²) in [4.78, 5) is 19.8. The van der Waals surface area contributed by atoms with E-state index in [1.807, 2.05) is 0 Å². The summed E-state index contributed by atoms with van der Waals surface area (Å²) in [5.74, 6) is -3.01. The minimum atomic E-state index is -4.92. The van der Waals surface area contributed by atoms with Gasteiger partial charge in [0, 0.05) is 5.78 Å². The Balaban J connectivity index is 0. The third kappa shape index (κ3) is 6.33. The fourth-order valence-electron chi connectivity index (χ4n) is 0.266. The topological polar surface area (TPSA) is 34.1 Å². The van der Waals surface area contributed by atoms with E-state index in [0.29, 0.717) is 0 Å². The third-order valence-electron chi connectivity index (χ3n) is 0.614. The monoisotopic (exact) mass is 358 g/mol. The average molecular weight is 357 g/mol. The third-order valence-corrected chi connectivity index (χ3v) is 0.614. The van der Waals surface area contributed by atoms with E-state index in [1.54, 1.807) is 0 Å². The molecule has 0 aliphatic carbocycles. The van der Waals surface area contributed by atoms with Gasteiger partial charge in [0.1, 0.15) is 5.78 Å². The fourth-order valence-corrected chi connectivity index (χ4v) is 0.266. The Morgan fingerprint density at radius 1 is 1.27 bits per heavy atom. The maximum atomic E-state index is 11.3. The summed E-state index contributed by atoms with van der Waals surface area (Å²) in [6.07, 6.45) is -4.91. The summed E-state index contributed by atoms with van der Waals surface area (Å²) in [5.41, 5.74) is 0. The number of rotatable bonds is 2. The number of ketones is 2. The molecule has 0 N–H and O–H groups in total. The van der Waals surface area contributed by atoms with Crippen molar-refractivity contribution in [1.29, 1.82) is 0 Å². The second-order valence-corrected chi connectivity index (χ2v) is 1.62. The van der Waals surface area contributed by atoms with E-state index in [-0.39, 0.29) is 33.7 Å². The smallest absolute Gasteiger partial charge is 0.334 e. The van der Waals surface area contributed by atoms with Gasteiger partial charge < -0.3 is 9.59 Å². The maximum absolute atomic E-state index is 11.3. The molecule has 60 valence electrons. The minimum absolute atomic E-state index is 0. The largest absolute Gasteiger partial charge is 1.00 e. The van der Waals surface area contributed by atoms with Crippen molar-refractivity contribution in [2.24, 2.45) is 0 Å². The number of alkyl halides is 3. The van der Waals surface area contributed by atoms with Gasteiger partial charge in [0.2, 0.25) is 0 Å². The summed E-state index contributed by atoms with van der Waals surface area (Å²) >= 11 is 0. The van der Waals surface area contributed by atoms with Gasteiger partial charge >= 0.3 is 33.5 Å². The van der Waals surface area contributed by atoms with Crippen molar-refractivity contribution in [2.45, 2.75) is 13.1 Å². The van der Waals surface area contributed by atoms with Crippen LogP contribution < -0.4 is 0 Å². The van der Waals surface area contributed by atoms with E-state index in [4.69, 9.17) is 0 Å². The SMILES string of the molecule is CC(=O)[CH-]C(=O)C(F)(F)F.[Tl+]. The Bertz CT molecular complexity index is 164. The molecular formula is C5H4F3O2Tl. The molecule has 0 aromatic heterocycles. The van der Waals surface area contributed by atoms with Crippen LogP contribution >= 0.6 is 0 Å². The Morgan fingerprint density at radius 3 is 1.73 bits per heavy atom. The second-order valence-electron chi connectivity index (χ2n) is 1.62. The van der Waals surface area contributed by atoms with Gasteiger partial charge in [0.05, 0.1) is 0 Å². The second kappa shape index (κ2) is 4.73. The molecule has 0 bridgehead atoms. The molecule has 6 heteroatoms. The Morgan fingerprint density at radius 2 is 1.64 bits per heavy atom. The summed E-state index contributed by atoms with van der Waals surface area (Å²) in [5, 5.41) is 0. The van der Waals surface area contributed by atoms with E-state index >= 15 is 0 Å². The van der Waals surface area contributed by atoms with Crippen LogP contribution in [0.4, 0.5) is 13.2 Å². The van der Waals surface area contributed by atoms with E-state index < -0.39 is 17.7 Å². The first kappa shape index (κ1) is 13.5. The number of hydrogen-bond acceptors (Lipinski definition) is 2. The van der Waals surface area contributed by atoms with E-state index in [9.17, 15) is 22.8 Å². The van der Waals surface area contributed by atoms with E-state index in [1.165, 1.54) is 0 Å². The zero-order chi connectivity index (χ0) is 8.36. The molecule has 0 heterocycles. The predicted octanol–water partition coefficient (Wildman–Crippen LogP) is 0.530. The maximum Gasteiger partial charge on any atom is 1.00 e. The van der Waals surface area contributed by atoms with Gasteiger partial charge in [-0.2, -0.15) is 13.2 Å². The van der Waals surface area contributed by atoms with Crippen LogP contribution in [-0.2, 0) is 9.59 Å². The van der Waals surface area contributed by atoms with Gasteiger partial charge in [0.15, 0.2) is 0 Å². The Kier molecular flexibility index (Phi) is 5.81. The summed E-state index contributed by atoms with van der Waals surface area (Å²) < 4.78 is 33.8. The normalized spacial score (nSPS) is 9.82. The van der Waals surface area contributed by atoms with Crippen LogP contribution in [0.15, 0.2) is 0 Å². The molecule has 0 amide bonds. The number of carbonyl (C=O) groups is 2. The molecule has 0 aromatic carbocycles. The van der Waals surface area contributed by atoms with Gasteiger partial charge in [-0.05, 0) is 6.92 Å². The zero-order valence-corrected chi connectivity index (χ0v) is 10.1. The summed E-state index contributed by atoms with van der Waals surface area (Å²) in [7, 11) is 0. The molecule has 0 rings (SSSR count). The molecule has 2 nitrogen and oxygen atoms in total. The van der Waals surface area contributed by atoms with Crippen molar-refractivity contribution in [3.05, 3.63) is 6.42 Å². The minimum Gasteiger partial charge on any atom is -0.334 e. The number of halogens is 3. The van der Waals surface area contributed by atoms with E-state index in [2.05, 4.69) is 0 Å². The molecule has 0 aliphatic heterocycles. The van der Waals surface area contributed by atoms with Gasteiger partial charge in [-0.1, -0.05) is 0 Å². The first-order valence-corrected chi connectivity index (χ1v) is 2.30. The summed E-state index contributed by atoms with van der Waals surface area (Å²) in [6, 6.07) is 0. The molecule has 0 unspecified atom stereocenters. The summed E-state index contributed by atoms with van der Waals surface area (Å²) in [6.45, 7) is 0.879. The van der Waals surface area contributed by atoms with Crippen molar-refractivity contribution >= 4 is 38.9 Å². The number of carbonyl (C=O) groups excluding carboxylic acids is 2. The van der Waals surface area contributed by atoms with Gasteiger partial charge in [-0.3, -0.25) is 6.42 Å². The van der Waals surface area contributed by atoms with Crippen molar-refractivity contribution in [3.63, 3.8) is 0 Å². The quantitative estimate of drug-likeness (QED) is 0.410. The van der Waals surface area contributed by atoms with Crippen LogP contribution in [0.2, 0.25) is 0 Å². The first-order chi connectivity index (χ1) is 4.34. The van der Waals surface area contributed by atoms with Crippen LogP contribution in [0, 0.1) is 6.42 Å². The fraction of sp³-hybridized carbons (Fsp3) is 0.400. The molecule has 0 saturated carbocycles. The van der Waals surface area contributed by atoms with Crippen molar-refractivity contribution in [2.75, 3.05) is 0 Å². The van der Waals surface area contributed by atoms with Crippen LogP contribution in [0.5, 0.6) is 0 Å². The molecule has 0 radical (unpaired) electrons. The van der Waals surface area contributed by atoms with Crippen LogP contribution in [0.1, 0.15) is 6.92 Å². The molecule has 0 saturated heterocycles. The predicted molar refractivity (Wildman–Crippen MR) is 31.8 cm³/mol. The van der Waals surface area contributed by atoms with Gasteiger partial charge in [-0.15, -0.1) is 0 Å².